The molecule has 3 aromatic rings. The molecule has 1 fully saturated rings. The molecule has 0 spiro atoms. The van der Waals surface area contributed by atoms with Crippen LogP contribution in [0.15, 0.2) is 60.0 Å². The van der Waals surface area contributed by atoms with Gasteiger partial charge in [-0.3, -0.25) is 19.6 Å². The average Bonchev–Trinajstić information content (AvgIpc) is 3.37. The maximum absolute atomic E-state index is 14.6. The topological polar surface area (TPSA) is 85.8 Å². The van der Waals surface area contributed by atoms with Crippen LogP contribution in [0.4, 0.5) is 45.2 Å². The molecule has 45 heavy (non-hydrogen) atoms. The zero-order valence-corrected chi connectivity index (χ0v) is 23.0. The highest BCUT2D eigenvalue weighted by atomic mass is 19.4. The molecular formula is C29H21F9N4O3. The normalized spacial score (nSPS) is 19.2. The van der Waals surface area contributed by atoms with Gasteiger partial charge in [-0.25, -0.2) is 18.2 Å². The van der Waals surface area contributed by atoms with Crippen LogP contribution < -0.4 is 5.32 Å². The fraction of sp³-hybridized carbons (Fsp3) is 0.276. The van der Waals surface area contributed by atoms with Gasteiger partial charge >= 0.3 is 12.4 Å². The second-order valence-electron chi connectivity index (χ2n) is 10.6. The Hall–Kier alpha value is -4.60. The zero-order valence-electron chi connectivity index (χ0n) is 23.0. The number of nitrogens with zero attached hydrogens (tertiary/aromatic N) is 3. The van der Waals surface area contributed by atoms with Gasteiger partial charge in [0.2, 0.25) is 0 Å². The van der Waals surface area contributed by atoms with Crippen molar-refractivity contribution in [2.24, 2.45) is 0 Å². The van der Waals surface area contributed by atoms with Crippen LogP contribution in [0.5, 0.6) is 0 Å². The second kappa shape index (κ2) is 11.1. The van der Waals surface area contributed by atoms with E-state index in [2.05, 4.69) is 10.3 Å². The summed E-state index contributed by atoms with van der Waals surface area (Å²) in [5.41, 5.74) is -6.81. The number of anilines is 1. The number of hydrazine groups is 1. The van der Waals surface area contributed by atoms with E-state index in [9.17, 15) is 54.2 Å². The van der Waals surface area contributed by atoms with Crippen molar-refractivity contribution in [2.45, 2.75) is 44.2 Å². The largest absolute Gasteiger partial charge is 0.509 e. The van der Waals surface area contributed by atoms with Gasteiger partial charge in [0.05, 0.1) is 17.6 Å². The number of carbonyl (C=O) groups is 2. The van der Waals surface area contributed by atoms with E-state index in [1.165, 1.54) is 11.9 Å². The van der Waals surface area contributed by atoms with Gasteiger partial charge in [-0.1, -0.05) is 6.07 Å². The molecule has 2 N–H and O–H groups in total. The number of nitrogens with one attached hydrogen (secondary N) is 1. The maximum Gasteiger partial charge on any atom is 0.433 e. The van der Waals surface area contributed by atoms with Crippen molar-refractivity contribution < 1.29 is 54.2 Å². The lowest BCUT2D eigenvalue weighted by Gasteiger charge is -2.46. The lowest BCUT2D eigenvalue weighted by Crippen LogP contribution is -2.60. The first-order valence-electron chi connectivity index (χ1n) is 13.1. The molecule has 7 nitrogen and oxygen atoms in total. The quantitative estimate of drug-likeness (QED) is 0.182. The van der Waals surface area contributed by atoms with Gasteiger partial charge in [0.15, 0.2) is 11.6 Å². The number of amides is 2. The Morgan fingerprint density at radius 2 is 1.69 bits per heavy atom. The molecule has 0 saturated carbocycles. The first-order valence-corrected chi connectivity index (χ1v) is 13.1. The third-order valence-electron chi connectivity index (χ3n) is 7.72. The van der Waals surface area contributed by atoms with Gasteiger partial charge < -0.3 is 10.4 Å². The third-order valence-corrected chi connectivity index (χ3v) is 7.72. The van der Waals surface area contributed by atoms with Gasteiger partial charge in [0.1, 0.15) is 22.8 Å². The Bertz CT molecular complexity index is 1720. The van der Waals surface area contributed by atoms with E-state index in [-0.39, 0.29) is 18.5 Å². The first-order chi connectivity index (χ1) is 20.9. The minimum atomic E-state index is -4.89. The Balaban J connectivity index is 1.55. The van der Waals surface area contributed by atoms with Crippen LogP contribution in [0.1, 0.15) is 36.6 Å². The Morgan fingerprint density at radius 3 is 2.31 bits per heavy atom. The monoisotopic (exact) mass is 644 g/mol. The van der Waals surface area contributed by atoms with E-state index in [0.717, 1.165) is 17.1 Å². The van der Waals surface area contributed by atoms with Crippen molar-refractivity contribution in [3.8, 4) is 11.1 Å². The summed E-state index contributed by atoms with van der Waals surface area (Å²) in [5, 5.41) is 15.4. The summed E-state index contributed by atoms with van der Waals surface area (Å²) in [6, 6.07) is 4.49. The van der Waals surface area contributed by atoms with Crippen LogP contribution in [0.2, 0.25) is 0 Å². The molecule has 2 amide bonds. The first kappa shape index (κ1) is 31.8. The summed E-state index contributed by atoms with van der Waals surface area (Å²) in [6.07, 6.45) is -8.56. The SMILES string of the molecule is CC12CCCN1N(Cc1c(F)ccc(F)c1F)C(=O)C(C(=O)Nc1ccc(C(F)(F)F)cc1-c1ccc(C(F)(F)F)nc1)=C2O. The van der Waals surface area contributed by atoms with E-state index >= 15 is 0 Å². The Morgan fingerprint density at radius 1 is 1.00 bits per heavy atom. The molecule has 2 aliphatic rings. The summed E-state index contributed by atoms with van der Waals surface area (Å²) in [7, 11) is 0. The van der Waals surface area contributed by atoms with Crippen molar-refractivity contribution >= 4 is 17.5 Å². The fourth-order valence-corrected chi connectivity index (χ4v) is 5.39. The highest BCUT2D eigenvalue weighted by molar-refractivity contribution is 6.24. The van der Waals surface area contributed by atoms with Crippen LogP contribution in [0.25, 0.3) is 11.1 Å². The number of aliphatic hydroxyl groups excluding tert-OH is 1. The van der Waals surface area contributed by atoms with Crippen LogP contribution >= 0.6 is 0 Å². The van der Waals surface area contributed by atoms with E-state index in [0.29, 0.717) is 42.9 Å². The standard InChI is InChI=1S/C29H21F9N4O3/c1-27-9-2-10-42(27)41(13-17-18(30)5-6-19(31)23(17)32)26(45)22(24(27)43)25(44)40-20-7-4-15(28(33,34)35)11-16(20)14-3-8-21(39-12-14)29(36,37)38/h3-8,11-12,43H,2,9-10,13H2,1H3,(H,40,44). The molecule has 16 heteroatoms. The summed E-state index contributed by atoms with van der Waals surface area (Å²) >= 11 is 0. The molecule has 5 rings (SSSR count). The van der Waals surface area contributed by atoms with Crippen molar-refractivity contribution in [1.82, 2.24) is 15.0 Å². The smallest absolute Gasteiger partial charge is 0.433 e. The zero-order chi connectivity index (χ0) is 33.1. The minimum Gasteiger partial charge on any atom is -0.509 e. The molecule has 0 aliphatic carbocycles. The molecule has 2 aromatic carbocycles. The summed E-state index contributed by atoms with van der Waals surface area (Å²) in [4.78, 5) is 30.4. The number of rotatable bonds is 5. The molecule has 2 aliphatic heterocycles. The molecule has 1 aromatic heterocycles. The van der Waals surface area contributed by atoms with E-state index in [4.69, 9.17) is 0 Å². The van der Waals surface area contributed by atoms with Gasteiger partial charge in [0, 0.05) is 35.1 Å². The van der Waals surface area contributed by atoms with Crippen LogP contribution in [-0.4, -0.2) is 44.0 Å². The molecular weight excluding hydrogens is 623 g/mol. The highest BCUT2D eigenvalue weighted by Gasteiger charge is 2.53. The predicted molar refractivity (Wildman–Crippen MR) is 139 cm³/mol. The third kappa shape index (κ3) is 5.69. The summed E-state index contributed by atoms with van der Waals surface area (Å²) in [5.74, 6) is -7.49. The molecule has 1 unspecified atom stereocenters. The Kier molecular flexibility index (Phi) is 7.84. The lowest BCUT2D eigenvalue weighted by atomic mass is 9.90. The van der Waals surface area contributed by atoms with Crippen molar-refractivity contribution in [2.75, 3.05) is 11.9 Å². The van der Waals surface area contributed by atoms with Crippen molar-refractivity contribution in [1.29, 1.82) is 0 Å². The minimum absolute atomic E-state index is 0.101. The van der Waals surface area contributed by atoms with Crippen LogP contribution in [0.3, 0.4) is 0 Å². The van der Waals surface area contributed by atoms with E-state index in [1.54, 1.807) is 0 Å². The molecule has 1 atom stereocenters. The number of hydrogen-bond donors (Lipinski definition) is 2. The van der Waals surface area contributed by atoms with Crippen LogP contribution in [0, 0.1) is 17.5 Å². The molecule has 0 bridgehead atoms. The number of pyridine rings is 1. The number of aromatic nitrogens is 1. The number of alkyl halides is 6. The highest BCUT2D eigenvalue weighted by Crippen LogP contribution is 2.43. The summed E-state index contributed by atoms with van der Waals surface area (Å²) in [6.45, 7) is 0.665. The maximum atomic E-state index is 14.6. The van der Waals surface area contributed by atoms with Crippen LogP contribution in [-0.2, 0) is 28.5 Å². The van der Waals surface area contributed by atoms with Crippen molar-refractivity contribution in [3.63, 3.8) is 0 Å². The van der Waals surface area contributed by atoms with Gasteiger partial charge in [0.25, 0.3) is 11.8 Å². The van der Waals surface area contributed by atoms with Crippen molar-refractivity contribution in [3.05, 3.63) is 94.3 Å². The average molecular weight is 644 g/mol. The molecule has 238 valence electrons. The lowest BCUT2D eigenvalue weighted by molar-refractivity contribution is -0.160. The molecule has 1 saturated heterocycles. The van der Waals surface area contributed by atoms with Gasteiger partial charge in [-0.15, -0.1) is 0 Å². The number of benzene rings is 2. The molecule has 3 heterocycles. The number of aliphatic hydroxyl groups is 1. The summed E-state index contributed by atoms with van der Waals surface area (Å²) < 4.78 is 123. The number of hydrogen-bond acceptors (Lipinski definition) is 5. The number of halogens is 9. The second-order valence-corrected chi connectivity index (χ2v) is 10.6. The van der Waals surface area contributed by atoms with E-state index in [1.807, 2.05) is 0 Å². The van der Waals surface area contributed by atoms with E-state index < -0.39 is 93.1 Å². The predicted octanol–water partition coefficient (Wildman–Crippen LogP) is 6.77. The van der Waals surface area contributed by atoms with Gasteiger partial charge in [-0.05, 0) is 56.2 Å². The fourth-order valence-electron chi connectivity index (χ4n) is 5.39. The number of carbonyl (C=O) groups excluding carboxylic acids is 2. The number of fused-ring (bicyclic) bond motifs is 1. The molecule has 0 radical (unpaired) electrons. The Labute approximate surface area is 248 Å². The van der Waals surface area contributed by atoms with Gasteiger partial charge in [-0.2, -0.15) is 26.3 Å².